The second-order valence-electron chi connectivity index (χ2n) is 9.30. The normalized spacial score (nSPS) is 23.4. The molecule has 1 aromatic heterocycles. The molecule has 1 atom stereocenters. The molecule has 0 radical (unpaired) electrons. The zero-order chi connectivity index (χ0) is 20.4. The number of nitrogens with zero attached hydrogens (tertiary/aromatic N) is 5. The maximum Gasteiger partial charge on any atom is 0.230 e. The molecule has 2 fully saturated rings. The van der Waals surface area contributed by atoms with Crippen molar-refractivity contribution in [2.24, 2.45) is 5.92 Å². The molecule has 8 heteroatoms. The number of piperidine rings is 1. The van der Waals surface area contributed by atoms with Crippen molar-refractivity contribution < 1.29 is 14.6 Å². The fourth-order valence-electron chi connectivity index (χ4n) is 4.53. The van der Waals surface area contributed by atoms with Crippen molar-refractivity contribution in [3.63, 3.8) is 0 Å². The van der Waals surface area contributed by atoms with Gasteiger partial charge in [-0.15, -0.1) is 0 Å². The SMILES string of the molecule is CN1CCCC(COc2nc(N3CCOCC3)nc3c2CCN3CC(C)(C)O)C1. The van der Waals surface area contributed by atoms with Crippen LogP contribution in [0.2, 0.25) is 0 Å². The Morgan fingerprint density at radius 2 is 1.97 bits per heavy atom. The van der Waals surface area contributed by atoms with Crippen molar-refractivity contribution in [3.8, 4) is 5.88 Å². The van der Waals surface area contributed by atoms with Crippen LogP contribution in [0.4, 0.5) is 11.8 Å². The summed E-state index contributed by atoms with van der Waals surface area (Å²) < 4.78 is 11.8. The summed E-state index contributed by atoms with van der Waals surface area (Å²) in [6.07, 6.45) is 3.29. The van der Waals surface area contributed by atoms with Gasteiger partial charge in [-0.05, 0) is 46.7 Å². The third kappa shape index (κ3) is 5.10. The van der Waals surface area contributed by atoms with E-state index in [-0.39, 0.29) is 0 Å². The van der Waals surface area contributed by atoms with Crippen molar-refractivity contribution in [2.45, 2.75) is 38.7 Å². The van der Waals surface area contributed by atoms with Gasteiger partial charge in [-0.1, -0.05) is 0 Å². The molecule has 4 heterocycles. The molecule has 0 spiro atoms. The Balaban J connectivity index is 1.57. The standard InChI is InChI=1S/C21H35N5O3/c1-21(2,27)15-26-8-6-17-18(26)22-20(25-9-11-28-12-10-25)23-19(17)29-14-16-5-4-7-24(3)13-16/h16,27H,4-15H2,1-3H3. The Kier molecular flexibility index (Phi) is 6.13. The molecule has 3 aliphatic rings. The topological polar surface area (TPSA) is 74.2 Å². The van der Waals surface area contributed by atoms with Crippen molar-refractivity contribution >= 4 is 11.8 Å². The van der Waals surface area contributed by atoms with Gasteiger partial charge in [0.25, 0.3) is 0 Å². The number of fused-ring (bicyclic) bond motifs is 1. The first-order valence-corrected chi connectivity index (χ1v) is 10.9. The molecule has 1 unspecified atom stereocenters. The third-order valence-electron chi connectivity index (χ3n) is 5.92. The highest BCUT2D eigenvalue weighted by Gasteiger charge is 2.31. The van der Waals surface area contributed by atoms with Gasteiger partial charge in [-0.3, -0.25) is 0 Å². The molecular formula is C21H35N5O3. The van der Waals surface area contributed by atoms with E-state index >= 15 is 0 Å². The first-order chi connectivity index (χ1) is 13.9. The maximum atomic E-state index is 10.3. The lowest BCUT2D eigenvalue weighted by Gasteiger charge is -2.31. The molecule has 29 heavy (non-hydrogen) atoms. The number of likely N-dealkylation sites (tertiary alicyclic amines) is 1. The first kappa shape index (κ1) is 20.6. The Morgan fingerprint density at radius 1 is 1.17 bits per heavy atom. The van der Waals surface area contributed by atoms with Crippen LogP contribution >= 0.6 is 0 Å². The first-order valence-electron chi connectivity index (χ1n) is 10.9. The van der Waals surface area contributed by atoms with Crippen LogP contribution in [0.5, 0.6) is 5.88 Å². The number of rotatable bonds is 6. The highest BCUT2D eigenvalue weighted by atomic mass is 16.5. The van der Waals surface area contributed by atoms with Crippen LogP contribution in [0.25, 0.3) is 0 Å². The monoisotopic (exact) mass is 405 g/mol. The zero-order valence-electron chi connectivity index (χ0n) is 18.1. The Labute approximate surface area is 173 Å². The fraction of sp³-hybridized carbons (Fsp3) is 0.810. The summed E-state index contributed by atoms with van der Waals surface area (Å²) in [5.74, 6) is 2.90. The summed E-state index contributed by atoms with van der Waals surface area (Å²) in [5.41, 5.74) is 0.301. The zero-order valence-corrected chi connectivity index (χ0v) is 18.1. The van der Waals surface area contributed by atoms with Gasteiger partial charge in [-0.25, -0.2) is 0 Å². The second kappa shape index (κ2) is 8.62. The van der Waals surface area contributed by atoms with E-state index < -0.39 is 5.60 Å². The van der Waals surface area contributed by atoms with Crippen LogP contribution in [-0.4, -0.2) is 91.7 Å². The summed E-state index contributed by atoms with van der Waals surface area (Å²) in [6, 6.07) is 0. The van der Waals surface area contributed by atoms with Crippen LogP contribution in [0.1, 0.15) is 32.3 Å². The van der Waals surface area contributed by atoms with E-state index in [1.54, 1.807) is 0 Å². The largest absolute Gasteiger partial charge is 0.477 e. The van der Waals surface area contributed by atoms with Gasteiger partial charge >= 0.3 is 0 Å². The fourth-order valence-corrected chi connectivity index (χ4v) is 4.53. The quantitative estimate of drug-likeness (QED) is 0.756. The van der Waals surface area contributed by atoms with Gasteiger partial charge in [0, 0.05) is 38.6 Å². The summed E-state index contributed by atoms with van der Waals surface area (Å²) in [7, 11) is 2.18. The molecule has 3 aliphatic heterocycles. The Hall–Kier alpha value is -1.64. The molecule has 0 saturated carbocycles. The highest BCUT2D eigenvalue weighted by molar-refractivity contribution is 5.59. The molecule has 2 saturated heterocycles. The lowest BCUT2D eigenvalue weighted by Crippen LogP contribution is -2.39. The molecule has 8 nitrogen and oxygen atoms in total. The number of hydrogen-bond acceptors (Lipinski definition) is 8. The molecule has 0 bridgehead atoms. The van der Waals surface area contributed by atoms with E-state index in [2.05, 4.69) is 21.7 Å². The van der Waals surface area contributed by atoms with Crippen LogP contribution in [0, 0.1) is 5.92 Å². The smallest absolute Gasteiger partial charge is 0.230 e. The van der Waals surface area contributed by atoms with Crippen molar-refractivity contribution in [1.29, 1.82) is 0 Å². The van der Waals surface area contributed by atoms with Crippen LogP contribution < -0.4 is 14.5 Å². The van der Waals surface area contributed by atoms with E-state index in [0.717, 1.165) is 49.9 Å². The van der Waals surface area contributed by atoms with Gasteiger partial charge < -0.3 is 29.3 Å². The number of β-amino-alcohol motifs (C(OH)–C–C–N with tert-alkyl or cyclic N) is 1. The number of anilines is 2. The van der Waals surface area contributed by atoms with Gasteiger partial charge in [0.05, 0.1) is 31.0 Å². The second-order valence-corrected chi connectivity index (χ2v) is 9.30. The highest BCUT2D eigenvalue weighted by Crippen LogP contribution is 2.35. The molecular weight excluding hydrogens is 370 g/mol. The summed E-state index contributed by atoms with van der Waals surface area (Å²) in [4.78, 5) is 16.5. The Morgan fingerprint density at radius 3 is 2.69 bits per heavy atom. The van der Waals surface area contributed by atoms with Crippen LogP contribution in [0.3, 0.4) is 0 Å². The number of morpholine rings is 1. The lowest BCUT2D eigenvalue weighted by atomic mass is 10.00. The van der Waals surface area contributed by atoms with E-state index in [1.165, 1.54) is 19.4 Å². The molecule has 1 aromatic rings. The minimum Gasteiger partial charge on any atom is -0.477 e. The van der Waals surface area contributed by atoms with Gasteiger partial charge in [0.15, 0.2) is 0 Å². The molecule has 162 valence electrons. The molecule has 1 N–H and O–H groups in total. The van der Waals surface area contributed by atoms with E-state index in [0.29, 0.717) is 38.2 Å². The summed E-state index contributed by atoms with van der Waals surface area (Å²) >= 11 is 0. The maximum absolute atomic E-state index is 10.3. The molecule has 4 rings (SSSR count). The summed E-state index contributed by atoms with van der Waals surface area (Å²) in [5, 5.41) is 10.3. The van der Waals surface area contributed by atoms with Gasteiger partial charge in [0.2, 0.25) is 11.8 Å². The predicted octanol–water partition coefficient (Wildman–Crippen LogP) is 1.17. The van der Waals surface area contributed by atoms with Crippen molar-refractivity contribution in [3.05, 3.63) is 5.56 Å². The number of ether oxygens (including phenoxy) is 2. The van der Waals surface area contributed by atoms with E-state index in [9.17, 15) is 5.11 Å². The van der Waals surface area contributed by atoms with Gasteiger partial charge in [-0.2, -0.15) is 9.97 Å². The Bertz CT molecular complexity index is 702. The average Bonchev–Trinajstić information content (AvgIpc) is 3.08. The van der Waals surface area contributed by atoms with Gasteiger partial charge in [0.1, 0.15) is 5.82 Å². The van der Waals surface area contributed by atoms with Crippen LogP contribution in [0.15, 0.2) is 0 Å². The van der Waals surface area contributed by atoms with Crippen molar-refractivity contribution in [1.82, 2.24) is 14.9 Å². The third-order valence-corrected chi connectivity index (χ3v) is 5.92. The summed E-state index contributed by atoms with van der Waals surface area (Å²) in [6.45, 7) is 11.0. The predicted molar refractivity (Wildman–Crippen MR) is 113 cm³/mol. The number of aromatic nitrogens is 2. The number of aliphatic hydroxyl groups is 1. The molecule has 0 aromatic carbocycles. The average molecular weight is 406 g/mol. The molecule has 0 amide bonds. The van der Waals surface area contributed by atoms with E-state index in [1.807, 2.05) is 13.8 Å². The molecule has 0 aliphatic carbocycles. The number of hydrogen-bond donors (Lipinski definition) is 1. The minimum absolute atomic E-state index is 0.542. The minimum atomic E-state index is -0.778. The van der Waals surface area contributed by atoms with Crippen LogP contribution in [-0.2, 0) is 11.2 Å². The lowest BCUT2D eigenvalue weighted by molar-refractivity contribution is 0.0876. The van der Waals surface area contributed by atoms with Crippen molar-refractivity contribution in [2.75, 3.05) is 75.9 Å². The van der Waals surface area contributed by atoms with E-state index in [4.69, 9.17) is 19.4 Å².